The van der Waals surface area contributed by atoms with Crippen molar-refractivity contribution in [2.24, 2.45) is 0 Å². The van der Waals surface area contributed by atoms with Crippen LogP contribution in [0.15, 0.2) is 34.2 Å². The summed E-state index contributed by atoms with van der Waals surface area (Å²) in [4.78, 5) is 25.2. The fourth-order valence-electron chi connectivity index (χ4n) is 1.48. The zero-order valence-electron chi connectivity index (χ0n) is 10.5. The maximum absolute atomic E-state index is 12.0. The van der Waals surface area contributed by atoms with Crippen molar-refractivity contribution in [3.8, 4) is 11.3 Å². The molecule has 104 valence electrons. The molecule has 0 aliphatic carbocycles. The molecular weight excluding hydrogens is 280 g/mol. The van der Waals surface area contributed by atoms with Gasteiger partial charge in [-0.25, -0.2) is 0 Å². The molecule has 1 unspecified atom stereocenters. The van der Waals surface area contributed by atoms with Crippen molar-refractivity contribution in [2.45, 2.75) is 17.3 Å². The summed E-state index contributed by atoms with van der Waals surface area (Å²) >= 11 is 0.914. The first-order valence-corrected chi connectivity index (χ1v) is 6.58. The quantitative estimate of drug-likeness (QED) is 0.567. The standard InChI is InChI=1S/C12H12N4O3S/c1-6(11(18)19)20-12-14-10(17)9(15-16-12)7-4-2-3-5-8(7)13/h2-6H,13H2,1H3,(H,18,19)(H,14,16,17). The monoisotopic (exact) mass is 292 g/mol. The molecule has 0 amide bonds. The van der Waals surface area contributed by atoms with Gasteiger partial charge in [0.25, 0.3) is 5.56 Å². The molecule has 0 aliphatic rings. The molecule has 7 nitrogen and oxygen atoms in total. The predicted octanol–water partition coefficient (Wildman–Crippen LogP) is 0.979. The van der Waals surface area contributed by atoms with Gasteiger partial charge in [-0.3, -0.25) is 14.6 Å². The third kappa shape index (κ3) is 2.97. The summed E-state index contributed by atoms with van der Waals surface area (Å²) in [6, 6.07) is 6.81. The van der Waals surface area contributed by atoms with E-state index in [0.717, 1.165) is 11.8 Å². The van der Waals surface area contributed by atoms with Gasteiger partial charge in [-0.2, -0.15) is 0 Å². The number of para-hydroxylation sites is 1. The van der Waals surface area contributed by atoms with Crippen molar-refractivity contribution in [3.05, 3.63) is 34.6 Å². The summed E-state index contributed by atoms with van der Waals surface area (Å²) in [5.41, 5.74) is 6.34. The third-order valence-electron chi connectivity index (χ3n) is 2.53. The molecule has 0 radical (unpaired) electrons. The number of H-pyrrole nitrogens is 1. The highest BCUT2D eigenvalue weighted by atomic mass is 32.2. The number of aliphatic carboxylic acids is 1. The summed E-state index contributed by atoms with van der Waals surface area (Å²) in [6.45, 7) is 1.50. The number of nitrogens with one attached hydrogen (secondary N) is 1. The Balaban J connectivity index is 2.34. The largest absolute Gasteiger partial charge is 0.480 e. The van der Waals surface area contributed by atoms with Crippen LogP contribution in [-0.4, -0.2) is 31.5 Å². The average Bonchev–Trinajstić information content (AvgIpc) is 2.40. The molecule has 1 heterocycles. The van der Waals surface area contributed by atoms with Crippen LogP contribution in [0.3, 0.4) is 0 Å². The molecule has 1 atom stereocenters. The molecule has 4 N–H and O–H groups in total. The Bertz CT molecular complexity index is 701. The molecule has 2 rings (SSSR count). The molecule has 2 aromatic rings. The topological polar surface area (TPSA) is 122 Å². The molecule has 0 saturated carbocycles. The highest BCUT2D eigenvalue weighted by Crippen LogP contribution is 2.21. The summed E-state index contributed by atoms with van der Waals surface area (Å²) < 4.78 is 0. The van der Waals surface area contributed by atoms with Gasteiger partial charge in [-0.05, 0) is 13.0 Å². The van der Waals surface area contributed by atoms with Crippen LogP contribution in [0.4, 0.5) is 5.69 Å². The van der Waals surface area contributed by atoms with Crippen LogP contribution in [0.25, 0.3) is 11.3 Å². The fourth-order valence-corrected chi connectivity index (χ4v) is 2.16. The lowest BCUT2D eigenvalue weighted by molar-refractivity contribution is -0.136. The van der Waals surface area contributed by atoms with Crippen LogP contribution in [-0.2, 0) is 4.79 Å². The second-order valence-corrected chi connectivity index (χ2v) is 5.32. The van der Waals surface area contributed by atoms with Gasteiger partial charge in [0.2, 0.25) is 0 Å². The number of nitrogens with zero attached hydrogens (tertiary/aromatic N) is 2. The molecule has 8 heteroatoms. The number of carboxylic acids is 1. The minimum absolute atomic E-state index is 0.107. The van der Waals surface area contributed by atoms with Crippen LogP contribution in [0.2, 0.25) is 0 Å². The maximum Gasteiger partial charge on any atom is 0.316 e. The smallest absolute Gasteiger partial charge is 0.316 e. The van der Waals surface area contributed by atoms with Crippen LogP contribution in [0.5, 0.6) is 0 Å². The summed E-state index contributed by atoms with van der Waals surface area (Å²) in [6.07, 6.45) is 0. The number of hydrogen-bond acceptors (Lipinski definition) is 6. The van der Waals surface area contributed by atoms with Gasteiger partial charge in [0, 0.05) is 11.3 Å². The lowest BCUT2D eigenvalue weighted by atomic mass is 10.1. The maximum atomic E-state index is 12.0. The highest BCUT2D eigenvalue weighted by Gasteiger charge is 2.16. The van der Waals surface area contributed by atoms with Crippen molar-refractivity contribution in [1.29, 1.82) is 0 Å². The average molecular weight is 292 g/mol. The Kier molecular flexibility index (Phi) is 4.04. The zero-order valence-corrected chi connectivity index (χ0v) is 11.3. The van der Waals surface area contributed by atoms with Crippen molar-refractivity contribution in [2.75, 3.05) is 5.73 Å². The molecule has 0 fully saturated rings. The summed E-state index contributed by atoms with van der Waals surface area (Å²) in [7, 11) is 0. The predicted molar refractivity (Wildman–Crippen MR) is 75.5 cm³/mol. The first kappa shape index (κ1) is 14.1. The molecule has 1 aromatic carbocycles. The zero-order chi connectivity index (χ0) is 14.7. The van der Waals surface area contributed by atoms with Gasteiger partial charge in [-0.15, -0.1) is 10.2 Å². The van der Waals surface area contributed by atoms with Crippen LogP contribution >= 0.6 is 11.8 Å². The Labute approximate surface area is 118 Å². The van der Waals surface area contributed by atoms with Gasteiger partial charge < -0.3 is 10.8 Å². The van der Waals surface area contributed by atoms with Crippen molar-refractivity contribution in [1.82, 2.24) is 15.2 Å². The minimum atomic E-state index is -0.992. The number of carbonyl (C=O) groups is 1. The van der Waals surface area contributed by atoms with Crippen molar-refractivity contribution >= 4 is 23.4 Å². The number of nitrogens with two attached hydrogens (primary N) is 1. The SMILES string of the molecule is CC(Sc1nnc(-c2ccccc2N)c(=O)[nH]1)C(=O)O. The number of carboxylic acid groups (broad SMARTS) is 1. The molecule has 0 aliphatic heterocycles. The van der Waals surface area contributed by atoms with E-state index in [1.54, 1.807) is 24.3 Å². The van der Waals surface area contributed by atoms with E-state index in [4.69, 9.17) is 10.8 Å². The van der Waals surface area contributed by atoms with Gasteiger partial charge in [0.05, 0.1) is 0 Å². The first-order chi connectivity index (χ1) is 9.49. The Morgan fingerprint density at radius 3 is 2.70 bits per heavy atom. The number of benzene rings is 1. The first-order valence-electron chi connectivity index (χ1n) is 5.70. The second kappa shape index (κ2) is 5.74. The van der Waals surface area contributed by atoms with E-state index in [1.807, 2.05) is 0 Å². The number of nitrogen functional groups attached to an aromatic ring is 1. The molecule has 20 heavy (non-hydrogen) atoms. The van der Waals surface area contributed by atoms with E-state index in [9.17, 15) is 9.59 Å². The fraction of sp³-hybridized carbons (Fsp3) is 0.167. The molecule has 0 bridgehead atoms. The van der Waals surface area contributed by atoms with E-state index in [0.29, 0.717) is 11.3 Å². The van der Waals surface area contributed by atoms with Crippen LogP contribution < -0.4 is 11.3 Å². The van der Waals surface area contributed by atoms with Crippen molar-refractivity contribution < 1.29 is 9.90 Å². The minimum Gasteiger partial charge on any atom is -0.480 e. The summed E-state index contributed by atoms with van der Waals surface area (Å²) in [5.74, 6) is -0.992. The van der Waals surface area contributed by atoms with E-state index >= 15 is 0 Å². The van der Waals surface area contributed by atoms with E-state index in [-0.39, 0.29) is 10.9 Å². The summed E-state index contributed by atoms with van der Waals surface area (Å²) in [5, 5.41) is 15.9. The van der Waals surface area contributed by atoms with E-state index in [1.165, 1.54) is 6.92 Å². The van der Waals surface area contributed by atoms with Crippen molar-refractivity contribution in [3.63, 3.8) is 0 Å². The number of rotatable bonds is 4. The van der Waals surface area contributed by atoms with Gasteiger partial charge in [0.1, 0.15) is 5.25 Å². The van der Waals surface area contributed by atoms with E-state index < -0.39 is 16.8 Å². The molecular formula is C12H12N4O3S. The normalized spacial score (nSPS) is 12.1. The number of hydrogen-bond donors (Lipinski definition) is 3. The molecule has 0 spiro atoms. The second-order valence-electron chi connectivity index (χ2n) is 3.99. The lowest BCUT2D eigenvalue weighted by Crippen LogP contribution is -2.17. The molecule has 0 saturated heterocycles. The Morgan fingerprint density at radius 2 is 2.10 bits per heavy atom. The van der Waals surface area contributed by atoms with Crippen LogP contribution in [0.1, 0.15) is 6.92 Å². The Morgan fingerprint density at radius 1 is 1.40 bits per heavy atom. The number of anilines is 1. The Hall–Kier alpha value is -2.35. The third-order valence-corrected chi connectivity index (χ3v) is 3.49. The number of aromatic amines is 1. The van der Waals surface area contributed by atoms with E-state index in [2.05, 4.69) is 15.2 Å². The van der Waals surface area contributed by atoms with Gasteiger partial charge >= 0.3 is 5.97 Å². The number of aromatic nitrogens is 3. The van der Waals surface area contributed by atoms with Gasteiger partial charge in [0.15, 0.2) is 10.9 Å². The highest BCUT2D eigenvalue weighted by molar-refractivity contribution is 8.00. The molecule has 1 aromatic heterocycles. The lowest BCUT2D eigenvalue weighted by Gasteiger charge is -2.06. The van der Waals surface area contributed by atoms with Crippen LogP contribution in [0, 0.1) is 0 Å². The number of thioether (sulfide) groups is 1. The van der Waals surface area contributed by atoms with Gasteiger partial charge in [-0.1, -0.05) is 30.0 Å².